The van der Waals surface area contributed by atoms with Gasteiger partial charge in [0.15, 0.2) is 0 Å². The fourth-order valence-electron chi connectivity index (χ4n) is 1.69. The standard InChI is InChI=1S/C15H20N2O6/c1-3-22-13(19)15(21,12(18)10(2)16)17-14(20)23-9-11-7-5-4-6-8-11/h4-8,10,21H,3,9,16H2,1-2H3,(H,17,20)/t10-,15?/m0/s1. The van der Waals surface area contributed by atoms with Crippen LogP contribution < -0.4 is 11.1 Å². The second kappa shape index (κ2) is 8.25. The fraction of sp³-hybridized carbons (Fsp3) is 0.400. The Morgan fingerprint density at radius 2 is 1.87 bits per heavy atom. The maximum absolute atomic E-state index is 11.9. The summed E-state index contributed by atoms with van der Waals surface area (Å²) < 4.78 is 9.48. The van der Waals surface area contributed by atoms with Crippen LogP contribution in [0.1, 0.15) is 19.4 Å². The summed E-state index contributed by atoms with van der Waals surface area (Å²) in [7, 11) is 0. The van der Waals surface area contributed by atoms with E-state index in [9.17, 15) is 19.5 Å². The first-order valence-electron chi connectivity index (χ1n) is 6.99. The second-order valence-electron chi connectivity index (χ2n) is 4.77. The van der Waals surface area contributed by atoms with Crippen molar-refractivity contribution >= 4 is 17.8 Å². The molecule has 0 aliphatic heterocycles. The minimum atomic E-state index is -2.89. The van der Waals surface area contributed by atoms with E-state index < -0.39 is 29.6 Å². The van der Waals surface area contributed by atoms with Gasteiger partial charge in [-0.3, -0.25) is 10.1 Å². The predicted octanol–water partition coefficient (Wildman–Crippen LogP) is 0.0808. The molecule has 0 heterocycles. The molecule has 1 amide bonds. The molecule has 1 unspecified atom stereocenters. The van der Waals surface area contributed by atoms with Crippen molar-refractivity contribution in [3.05, 3.63) is 35.9 Å². The van der Waals surface area contributed by atoms with Gasteiger partial charge in [-0.2, -0.15) is 0 Å². The van der Waals surface area contributed by atoms with Crippen LogP contribution in [0.3, 0.4) is 0 Å². The number of benzene rings is 1. The van der Waals surface area contributed by atoms with Crippen molar-refractivity contribution in [2.75, 3.05) is 6.61 Å². The van der Waals surface area contributed by atoms with Gasteiger partial charge < -0.3 is 20.3 Å². The normalized spacial score (nSPS) is 14.3. The highest BCUT2D eigenvalue weighted by Gasteiger charge is 2.48. The Kier molecular flexibility index (Phi) is 6.67. The van der Waals surface area contributed by atoms with E-state index in [4.69, 9.17) is 10.5 Å². The molecule has 0 fully saturated rings. The van der Waals surface area contributed by atoms with Gasteiger partial charge in [0.05, 0.1) is 12.6 Å². The van der Waals surface area contributed by atoms with Crippen LogP contribution in [0, 0.1) is 0 Å². The molecule has 0 saturated carbocycles. The first kappa shape index (κ1) is 18.6. The Labute approximate surface area is 133 Å². The minimum absolute atomic E-state index is 0.0892. The molecule has 2 atom stereocenters. The monoisotopic (exact) mass is 324 g/mol. The van der Waals surface area contributed by atoms with Crippen molar-refractivity contribution in [2.24, 2.45) is 5.73 Å². The summed E-state index contributed by atoms with van der Waals surface area (Å²) in [6.07, 6.45) is -1.15. The van der Waals surface area contributed by atoms with E-state index in [1.165, 1.54) is 13.8 Å². The number of nitrogens with two attached hydrogens (primary N) is 1. The molecule has 0 aliphatic rings. The SMILES string of the molecule is CCOC(=O)C(O)(NC(=O)OCc1ccccc1)C(=O)[C@H](C)N. The largest absolute Gasteiger partial charge is 0.462 e. The van der Waals surface area contributed by atoms with Crippen LogP contribution in [-0.2, 0) is 25.7 Å². The van der Waals surface area contributed by atoms with Crippen molar-refractivity contribution in [3.63, 3.8) is 0 Å². The number of aliphatic hydroxyl groups is 1. The maximum atomic E-state index is 11.9. The molecule has 23 heavy (non-hydrogen) atoms. The van der Waals surface area contributed by atoms with Crippen LogP contribution in [0.4, 0.5) is 4.79 Å². The lowest BCUT2D eigenvalue weighted by molar-refractivity contribution is -0.173. The third-order valence-corrected chi connectivity index (χ3v) is 2.84. The molecule has 4 N–H and O–H groups in total. The Bertz CT molecular complexity index is 560. The van der Waals surface area contributed by atoms with Gasteiger partial charge in [0, 0.05) is 0 Å². The number of hydrogen-bond acceptors (Lipinski definition) is 7. The third-order valence-electron chi connectivity index (χ3n) is 2.84. The van der Waals surface area contributed by atoms with Gasteiger partial charge >= 0.3 is 17.8 Å². The topological polar surface area (TPSA) is 128 Å². The lowest BCUT2D eigenvalue weighted by Gasteiger charge is -2.26. The van der Waals surface area contributed by atoms with Crippen LogP contribution in [-0.4, -0.2) is 41.3 Å². The summed E-state index contributed by atoms with van der Waals surface area (Å²) in [6.45, 7) is 2.57. The molecule has 1 aromatic carbocycles. The van der Waals surface area contributed by atoms with Crippen LogP contribution in [0.5, 0.6) is 0 Å². The molecule has 8 heteroatoms. The molecule has 0 radical (unpaired) electrons. The molecule has 1 aromatic rings. The van der Waals surface area contributed by atoms with Crippen molar-refractivity contribution in [1.82, 2.24) is 5.32 Å². The highest BCUT2D eigenvalue weighted by atomic mass is 16.6. The van der Waals surface area contributed by atoms with Crippen LogP contribution in [0.25, 0.3) is 0 Å². The van der Waals surface area contributed by atoms with E-state index in [0.29, 0.717) is 5.56 Å². The molecule has 0 aromatic heterocycles. The zero-order valence-corrected chi connectivity index (χ0v) is 12.9. The van der Waals surface area contributed by atoms with Gasteiger partial charge in [0.1, 0.15) is 6.61 Å². The molecule has 0 bridgehead atoms. The quantitative estimate of drug-likeness (QED) is 0.368. The lowest BCUT2D eigenvalue weighted by atomic mass is 10.0. The smallest absolute Gasteiger partial charge is 0.410 e. The van der Waals surface area contributed by atoms with E-state index in [1.54, 1.807) is 30.3 Å². The van der Waals surface area contributed by atoms with Gasteiger partial charge in [-0.05, 0) is 19.4 Å². The molecular weight excluding hydrogens is 304 g/mol. The zero-order valence-electron chi connectivity index (χ0n) is 12.9. The molecule has 0 saturated heterocycles. The molecule has 0 spiro atoms. The number of ether oxygens (including phenoxy) is 2. The van der Waals surface area contributed by atoms with Gasteiger partial charge in [0.2, 0.25) is 5.78 Å². The highest BCUT2D eigenvalue weighted by Crippen LogP contribution is 2.09. The first-order chi connectivity index (χ1) is 10.8. The van der Waals surface area contributed by atoms with Gasteiger partial charge in [-0.15, -0.1) is 0 Å². The Balaban J connectivity index is 2.78. The average molecular weight is 324 g/mol. The summed E-state index contributed by atoms with van der Waals surface area (Å²) in [4.78, 5) is 35.5. The summed E-state index contributed by atoms with van der Waals surface area (Å²) in [6, 6.07) is 7.55. The minimum Gasteiger partial charge on any atom is -0.462 e. The molecule has 0 aliphatic carbocycles. The van der Waals surface area contributed by atoms with Crippen LogP contribution in [0.2, 0.25) is 0 Å². The Morgan fingerprint density at radius 1 is 1.26 bits per heavy atom. The Hall–Kier alpha value is -2.45. The first-order valence-corrected chi connectivity index (χ1v) is 6.99. The number of hydrogen-bond donors (Lipinski definition) is 3. The number of amides is 1. The van der Waals surface area contributed by atoms with Crippen molar-refractivity contribution in [2.45, 2.75) is 32.2 Å². The second-order valence-corrected chi connectivity index (χ2v) is 4.77. The Morgan fingerprint density at radius 3 is 2.39 bits per heavy atom. The molecule has 126 valence electrons. The van der Waals surface area contributed by atoms with Crippen molar-refractivity contribution < 1.29 is 29.0 Å². The molecular formula is C15H20N2O6. The van der Waals surface area contributed by atoms with E-state index in [0.717, 1.165) is 0 Å². The maximum Gasteiger partial charge on any atom is 0.410 e. The predicted molar refractivity (Wildman–Crippen MR) is 80.0 cm³/mol. The summed E-state index contributed by atoms with van der Waals surface area (Å²) in [5, 5.41) is 12.0. The molecule has 8 nitrogen and oxygen atoms in total. The summed E-state index contributed by atoms with van der Waals surface area (Å²) in [5.74, 6) is -2.42. The number of alkyl carbamates (subject to hydrolysis) is 1. The zero-order chi connectivity index (χ0) is 17.5. The average Bonchev–Trinajstić information content (AvgIpc) is 2.53. The third kappa shape index (κ3) is 5.04. The van der Waals surface area contributed by atoms with E-state index in [2.05, 4.69) is 4.74 Å². The van der Waals surface area contributed by atoms with Gasteiger partial charge in [-0.1, -0.05) is 30.3 Å². The highest BCUT2D eigenvalue weighted by molar-refractivity contribution is 6.10. The van der Waals surface area contributed by atoms with Crippen LogP contribution in [0.15, 0.2) is 30.3 Å². The number of carbonyl (C=O) groups is 3. The fourth-order valence-corrected chi connectivity index (χ4v) is 1.69. The van der Waals surface area contributed by atoms with E-state index in [-0.39, 0.29) is 13.2 Å². The van der Waals surface area contributed by atoms with Crippen LogP contribution >= 0.6 is 0 Å². The van der Waals surface area contributed by atoms with E-state index >= 15 is 0 Å². The number of Topliss-reactive ketones (excluding diaryl/α,β-unsaturated/α-hetero) is 1. The number of rotatable bonds is 7. The number of carbonyl (C=O) groups excluding carboxylic acids is 3. The van der Waals surface area contributed by atoms with Gasteiger partial charge in [0.25, 0.3) is 0 Å². The number of esters is 1. The lowest BCUT2D eigenvalue weighted by Crippen LogP contribution is -2.64. The number of nitrogens with one attached hydrogen (secondary N) is 1. The van der Waals surface area contributed by atoms with Crippen molar-refractivity contribution in [3.8, 4) is 0 Å². The van der Waals surface area contributed by atoms with Gasteiger partial charge in [-0.25, -0.2) is 9.59 Å². The molecule has 1 rings (SSSR count). The summed E-state index contributed by atoms with van der Waals surface area (Å²) in [5.41, 5.74) is 3.19. The van der Waals surface area contributed by atoms with E-state index in [1.807, 2.05) is 5.32 Å². The number of ketones is 1. The summed E-state index contributed by atoms with van der Waals surface area (Å²) >= 11 is 0. The van der Waals surface area contributed by atoms with Crippen molar-refractivity contribution in [1.29, 1.82) is 0 Å².